The maximum atomic E-state index is 13.3. The predicted octanol–water partition coefficient (Wildman–Crippen LogP) is 5.97. The van der Waals surface area contributed by atoms with Gasteiger partial charge in [-0.1, -0.05) is 41.6 Å². The molecule has 5 nitrogen and oxygen atoms in total. The van der Waals surface area contributed by atoms with Crippen molar-refractivity contribution in [2.75, 3.05) is 13.1 Å². The Morgan fingerprint density at radius 2 is 1.60 bits per heavy atom. The number of carboxylic acids is 1. The second kappa shape index (κ2) is 9.27. The molecular weight excluding hydrogens is 443 g/mol. The van der Waals surface area contributed by atoms with Gasteiger partial charge in [0.05, 0.1) is 11.3 Å². The van der Waals surface area contributed by atoms with Gasteiger partial charge in [-0.2, -0.15) is 0 Å². The zero-order valence-corrected chi connectivity index (χ0v) is 20.1. The topological polar surface area (TPSA) is 62.1 Å². The van der Waals surface area contributed by atoms with Crippen LogP contribution in [0.15, 0.2) is 65.8 Å². The van der Waals surface area contributed by atoms with E-state index in [0.29, 0.717) is 0 Å². The van der Waals surface area contributed by atoms with Crippen molar-refractivity contribution in [3.05, 3.63) is 94.3 Å². The summed E-state index contributed by atoms with van der Waals surface area (Å²) in [7, 11) is 0. The molecule has 2 aliphatic heterocycles. The van der Waals surface area contributed by atoms with Gasteiger partial charge < -0.3 is 9.94 Å². The van der Waals surface area contributed by atoms with E-state index in [2.05, 4.69) is 36.0 Å². The Balaban J connectivity index is 1.21. The van der Waals surface area contributed by atoms with Crippen LogP contribution < -0.4 is 0 Å². The van der Waals surface area contributed by atoms with Crippen LogP contribution >= 0.6 is 0 Å². The van der Waals surface area contributed by atoms with Gasteiger partial charge in [-0.05, 0) is 71.5 Å². The van der Waals surface area contributed by atoms with Gasteiger partial charge in [-0.3, -0.25) is 4.90 Å². The molecule has 0 bridgehead atoms. The molecule has 0 amide bonds. The molecule has 0 unspecified atom stereocenters. The van der Waals surface area contributed by atoms with Crippen LogP contribution in [0.2, 0.25) is 0 Å². The Hall–Kier alpha value is -3.51. The smallest absolute Gasteiger partial charge is 0.335 e. The monoisotopic (exact) mass is 472 g/mol. The summed E-state index contributed by atoms with van der Waals surface area (Å²) in [6, 6.07) is 18.0. The summed E-state index contributed by atoms with van der Waals surface area (Å²) >= 11 is 0. The molecule has 180 valence electrons. The third-order valence-electron chi connectivity index (χ3n) is 7.20. The highest BCUT2D eigenvalue weighted by Gasteiger charge is 2.42. The van der Waals surface area contributed by atoms with E-state index < -0.39 is 5.97 Å². The molecule has 3 aromatic rings. The average molecular weight is 473 g/mol. The van der Waals surface area contributed by atoms with Gasteiger partial charge in [0.2, 0.25) is 0 Å². The van der Waals surface area contributed by atoms with Crippen molar-refractivity contribution in [1.29, 1.82) is 0 Å². The highest BCUT2D eigenvalue weighted by atomic mass is 19.1. The Bertz CT molecular complexity index is 1250. The Morgan fingerprint density at radius 3 is 2.20 bits per heavy atom. The lowest BCUT2D eigenvalue weighted by molar-refractivity contribution is -0.0627. The Labute approximate surface area is 204 Å². The number of carbonyl (C=O) groups is 1. The van der Waals surface area contributed by atoms with Gasteiger partial charge in [0.15, 0.2) is 0 Å². The highest BCUT2D eigenvalue weighted by molar-refractivity contribution is 6.02. The van der Waals surface area contributed by atoms with Gasteiger partial charge in [0.1, 0.15) is 11.4 Å². The lowest BCUT2D eigenvalue weighted by atomic mass is 9.85. The van der Waals surface area contributed by atoms with E-state index in [1.807, 2.05) is 12.1 Å². The zero-order valence-electron chi connectivity index (χ0n) is 20.1. The van der Waals surface area contributed by atoms with Crippen molar-refractivity contribution in [2.45, 2.75) is 45.3 Å². The largest absolute Gasteiger partial charge is 0.478 e. The van der Waals surface area contributed by atoms with Crippen molar-refractivity contribution >= 4 is 11.7 Å². The molecule has 0 atom stereocenters. The number of hydrogen-bond donors (Lipinski definition) is 1. The first-order valence-electron chi connectivity index (χ1n) is 12.0. The second-order valence-electron chi connectivity index (χ2n) is 9.76. The lowest BCUT2D eigenvalue weighted by Crippen LogP contribution is -2.44. The van der Waals surface area contributed by atoms with Crippen LogP contribution in [-0.2, 0) is 11.4 Å². The molecule has 3 aromatic carbocycles. The third kappa shape index (κ3) is 4.84. The minimum atomic E-state index is -0.930. The van der Waals surface area contributed by atoms with Gasteiger partial charge in [-0.15, -0.1) is 0 Å². The number of carboxylic acid groups (broad SMARTS) is 1. The lowest BCUT2D eigenvalue weighted by Gasteiger charge is -2.37. The second-order valence-corrected chi connectivity index (χ2v) is 9.76. The first kappa shape index (κ1) is 23.2. The SMILES string of the molecule is Cc1cc(CN2CCC3(CC2)CC(c2ccc(C(=O)O)cc2)=NO3)cc(C)c1-c1ccc(F)cc1. The Morgan fingerprint density at radius 1 is 1.00 bits per heavy atom. The molecule has 5 rings (SSSR count). The first-order chi connectivity index (χ1) is 16.8. The van der Waals surface area contributed by atoms with E-state index in [9.17, 15) is 9.18 Å². The van der Waals surface area contributed by atoms with Crippen LogP contribution in [0.3, 0.4) is 0 Å². The van der Waals surface area contributed by atoms with Gasteiger partial charge in [-0.25, -0.2) is 9.18 Å². The molecule has 0 aliphatic carbocycles. The molecule has 0 saturated carbocycles. The number of aryl methyl sites for hydroxylation is 2. The Kier molecular flexibility index (Phi) is 6.15. The number of piperidine rings is 1. The molecule has 1 saturated heterocycles. The number of likely N-dealkylation sites (tertiary alicyclic amines) is 1. The fourth-order valence-electron chi connectivity index (χ4n) is 5.34. The summed E-state index contributed by atoms with van der Waals surface area (Å²) in [5, 5.41) is 13.5. The summed E-state index contributed by atoms with van der Waals surface area (Å²) in [6.07, 6.45) is 2.55. The molecule has 2 heterocycles. The average Bonchev–Trinajstić information content (AvgIpc) is 3.25. The van der Waals surface area contributed by atoms with Crippen LogP contribution in [0.4, 0.5) is 4.39 Å². The predicted molar refractivity (Wildman–Crippen MR) is 134 cm³/mol. The quantitative estimate of drug-likeness (QED) is 0.497. The third-order valence-corrected chi connectivity index (χ3v) is 7.20. The number of hydrogen-bond acceptors (Lipinski definition) is 4. The molecule has 2 aliphatic rings. The van der Waals surface area contributed by atoms with Crippen LogP contribution in [0.25, 0.3) is 11.1 Å². The van der Waals surface area contributed by atoms with Gasteiger partial charge in [0, 0.05) is 38.9 Å². The summed E-state index contributed by atoms with van der Waals surface area (Å²) in [6.45, 7) is 6.98. The molecule has 6 heteroatoms. The fourth-order valence-corrected chi connectivity index (χ4v) is 5.34. The van der Waals surface area contributed by atoms with E-state index in [-0.39, 0.29) is 17.0 Å². The number of benzene rings is 3. The summed E-state index contributed by atoms with van der Waals surface area (Å²) in [5.41, 5.74) is 7.70. The van der Waals surface area contributed by atoms with Crippen molar-refractivity contribution in [2.24, 2.45) is 5.16 Å². The zero-order chi connectivity index (χ0) is 24.6. The number of rotatable bonds is 5. The van der Waals surface area contributed by atoms with Crippen LogP contribution in [0.1, 0.15) is 51.9 Å². The standard InChI is InChI=1S/C29H29FN2O3/c1-19-15-21(16-20(2)27(19)23-7-9-25(30)10-8-23)18-32-13-11-29(12-14-32)17-26(31-35-29)22-3-5-24(6-4-22)28(33)34/h3-10,15-16H,11-14,17-18H2,1-2H3,(H,33,34). The van der Waals surface area contributed by atoms with Gasteiger partial charge >= 0.3 is 5.97 Å². The fraction of sp³-hybridized carbons (Fsp3) is 0.310. The van der Waals surface area contributed by atoms with Crippen molar-refractivity contribution in [3.63, 3.8) is 0 Å². The van der Waals surface area contributed by atoms with Crippen molar-refractivity contribution in [3.8, 4) is 11.1 Å². The van der Waals surface area contributed by atoms with Gasteiger partial charge in [0.25, 0.3) is 0 Å². The minimum absolute atomic E-state index is 0.219. The highest BCUT2D eigenvalue weighted by Crippen LogP contribution is 2.37. The number of oxime groups is 1. The molecule has 1 N–H and O–H groups in total. The van der Waals surface area contributed by atoms with Crippen LogP contribution in [-0.4, -0.2) is 40.4 Å². The molecule has 35 heavy (non-hydrogen) atoms. The minimum Gasteiger partial charge on any atom is -0.478 e. The van der Waals surface area contributed by atoms with E-state index >= 15 is 0 Å². The van der Waals surface area contributed by atoms with Crippen LogP contribution in [0, 0.1) is 19.7 Å². The summed E-state index contributed by atoms with van der Waals surface area (Å²) in [4.78, 5) is 19.5. The molecule has 0 radical (unpaired) electrons. The first-order valence-corrected chi connectivity index (χ1v) is 12.0. The molecule has 0 aromatic heterocycles. The number of halogens is 1. The molecule has 1 spiro atoms. The molecular formula is C29H29FN2O3. The maximum Gasteiger partial charge on any atom is 0.335 e. The van der Waals surface area contributed by atoms with Crippen LogP contribution in [0.5, 0.6) is 0 Å². The number of nitrogens with zero attached hydrogens (tertiary/aromatic N) is 2. The van der Waals surface area contributed by atoms with Crippen molar-refractivity contribution < 1.29 is 19.1 Å². The van der Waals surface area contributed by atoms with E-state index in [1.165, 1.54) is 34.4 Å². The van der Waals surface area contributed by atoms with E-state index in [1.54, 1.807) is 24.3 Å². The summed E-state index contributed by atoms with van der Waals surface area (Å²) < 4.78 is 13.3. The van der Waals surface area contributed by atoms with E-state index in [4.69, 9.17) is 9.94 Å². The maximum absolute atomic E-state index is 13.3. The normalized spacial score (nSPS) is 17.3. The van der Waals surface area contributed by atoms with Crippen molar-refractivity contribution in [1.82, 2.24) is 4.90 Å². The molecule has 1 fully saturated rings. The number of aromatic carboxylic acids is 1. The summed E-state index contributed by atoms with van der Waals surface area (Å²) in [5.74, 6) is -1.15. The van der Waals surface area contributed by atoms with E-state index in [0.717, 1.165) is 55.7 Å².